The molecular formula is C28H41N7O3. The van der Waals surface area contributed by atoms with Crippen molar-refractivity contribution in [2.75, 3.05) is 18.5 Å². The molecule has 2 aromatic rings. The molecule has 206 valence electrons. The average Bonchev–Trinajstić information content (AvgIpc) is 3.48. The van der Waals surface area contributed by atoms with Crippen LogP contribution < -0.4 is 16.1 Å². The van der Waals surface area contributed by atoms with E-state index in [2.05, 4.69) is 41.1 Å². The van der Waals surface area contributed by atoms with Crippen LogP contribution in [-0.4, -0.2) is 44.9 Å². The van der Waals surface area contributed by atoms with Crippen molar-refractivity contribution in [3.8, 4) is 0 Å². The number of fused-ring (bicyclic) bond motifs is 1. The highest BCUT2D eigenvalue weighted by Crippen LogP contribution is 2.37. The van der Waals surface area contributed by atoms with E-state index >= 15 is 0 Å². The van der Waals surface area contributed by atoms with Gasteiger partial charge in [-0.3, -0.25) is 5.32 Å². The van der Waals surface area contributed by atoms with Gasteiger partial charge in [0.2, 0.25) is 0 Å². The van der Waals surface area contributed by atoms with E-state index in [1.54, 1.807) is 0 Å². The van der Waals surface area contributed by atoms with Gasteiger partial charge in [0.05, 0.1) is 0 Å². The lowest BCUT2D eigenvalue weighted by Gasteiger charge is -2.32. The number of carbonyl (C=O) groups is 1. The molecule has 4 fully saturated rings. The Hall–Kier alpha value is -2.72. The number of hydroxylamine groups is 1. The molecule has 4 heterocycles. The Kier molecular flexibility index (Phi) is 7.27. The summed E-state index contributed by atoms with van der Waals surface area (Å²) in [5.74, 6) is 4.48. The number of ether oxygens (including phenoxy) is 1. The molecule has 38 heavy (non-hydrogen) atoms. The van der Waals surface area contributed by atoms with Crippen LogP contribution in [0.15, 0.2) is 6.58 Å². The largest absolute Gasteiger partial charge is 0.427 e. The maximum atomic E-state index is 11.7. The molecular weight excluding hydrogens is 482 g/mol. The lowest BCUT2D eigenvalue weighted by atomic mass is 9.80. The molecule has 0 bridgehead atoms. The van der Waals surface area contributed by atoms with E-state index in [0.717, 1.165) is 61.3 Å². The number of anilines is 1. The molecule has 4 aliphatic rings. The average molecular weight is 524 g/mol. The molecule has 2 atom stereocenters. The van der Waals surface area contributed by atoms with Gasteiger partial charge in [-0.15, -0.1) is 5.48 Å². The van der Waals surface area contributed by atoms with Crippen molar-refractivity contribution in [3.05, 3.63) is 18.2 Å². The molecule has 1 amide bonds. The summed E-state index contributed by atoms with van der Waals surface area (Å²) in [6.45, 7) is 11.6. The van der Waals surface area contributed by atoms with Crippen LogP contribution in [0, 0.1) is 23.7 Å². The fourth-order valence-corrected chi connectivity index (χ4v) is 6.38. The minimum absolute atomic E-state index is 0.276. The predicted octanol–water partition coefficient (Wildman–Crippen LogP) is 4.94. The first-order chi connectivity index (χ1) is 18.5. The maximum Gasteiger partial charge on any atom is 0.427 e. The van der Waals surface area contributed by atoms with E-state index in [0.29, 0.717) is 29.2 Å². The zero-order valence-corrected chi connectivity index (χ0v) is 22.7. The first-order valence-corrected chi connectivity index (χ1v) is 14.5. The van der Waals surface area contributed by atoms with E-state index in [1.165, 1.54) is 44.9 Å². The van der Waals surface area contributed by atoms with Crippen LogP contribution in [0.5, 0.6) is 0 Å². The Morgan fingerprint density at radius 2 is 1.87 bits per heavy atom. The number of hydrogen-bond donors (Lipinski definition) is 3. The molecule has 6 rings (SSSR count). The van der Waals surface area contributed by atoms with Crippen molar-refractivity contribution >= 4 is 28.6 Å². The first kappa shape index (κ1) is 25.6. The molecule has 3 N–H and O–H groups in total. The van der Waals surface area contributed by atoms with Crippen LogP contribution in [0.3, 0.4) is 0 Å². The first-order valence-electron chi connectivity index (χ1n) is 14.5. The van der Waals surface area contributed by atoms with Gasteiger partial charge in [-0.05, 0) is 74.7 Å². The number of nitrogens with one attached hydrogen (secondary N) is 3. The quantitative estimate of drug-likeness (QED) is 0.446. The Morgan fingerprint density at radius 3 is 2.53 bits per heavy atom. The number of rotatable bonds is 8. The predicted molar refractivity (Wildman–Crippen MR) is 145 cm³/mol. The lowest BCUT2D eigenvalue weighted by molar-refractivity contribution is 0.0806. The summed E-state index contributed by atoms with van der Waals surface area (Å²) in [7, 11) is 0. The van der Waals surface area contributed by atoms with Crippen molar-refractivity contribution < 1.29 is 14.4 Å². The summed E-state index contributed by atoms with van der Waals surface area (Å²) < 4.78 is 7.99. The molecule has 2 aliphatic heterocycles. The van der Waals surface area contributed by atoms with Crippen LogP contribution in [0.1, 0.15) is 89.4 Å². The molecule has 2 aromatic heterocycles. The Labute approximate surface area is 224 Å². The fraction of sp³-hybridized carbons (Fsp3) is 0.714. The number of imidazole rings is 1. The second-order valence-electron chi connectivity index (χ2n) is 11.9. The molecule has 2 saturated heterocycles. The third-order valence-electron chi connectivity index (χ3n) is 9.21. The third kappa shape index (κ3) is 5.12. The highest BCUT2D eigenvalue weighted by molar-refractivity contribution is 5.86. The third-order valence-corrected chi connectivity index (χ3v) is 9.21. The Balaban J connectivity index is 1.43. The summed E-state index contributed by atoms with van der Waals surface area (Å²) in [4.78, 5) is 31.6. The number of amides is 1. The number of hydrogen-bond acceptors (Lipinski definition) is 8. The van der Waals surface area contributed by atoms with Crippen molar-refractivity contribution in [1.29, 1.82) is 0 Å². The summed E-state index contributed by atoms with van der Waals surface area (Å²) in [6, 6.07) is 0.276. The van der Waals surface area contributed by atoms with Gasteiger partial charge in [0.15, 0.2) is 23.5 Å². The maximum absolute atomic E-state index is 11.7. The second-order valence-corrected chi connectivity index (χ2v) is 11.9. The normalized spacial score (nSPS) is 27.5. The zero-order valence-electron chi connectivity index (χ0n) is 22.7. The monoisotopic (exact) mass is 523 g/mol. The molecule has 2 aliphatic carbocycles. The minimum Gasteiger partial charge on any atom is -0.381 e. The van der Waals surface area contributed by atoms with Gasteiger partial charge in [-0.1, -0.05) is 32.8 Å². The van der Waals surface area contributed by atoms with Crippen LogP contribution in [0.4, 0.5) is 10.6 Å². The topological polar surface area (TPSA) is 115 Å². The number of nitrogens with zero attached hydrogens (tertiary/aromatic N) is 4. The second kappa shape index (κ2) is 10.8. The van der Waals surface area contributed by atoms with E-state index in [1.807, 2.05) is 0 Å². The van der Waals surface area contributed by atoms with Gasteiger partial charge >= 0.3 is 6.09 Å². The van der Waals surface area contributed by atoms with E-state index in [-0.39, 0.29) is 6.04 Å². The van der Waals surface area contributed by atoms with Crippen molar-refractivity contribution in [1.82, 2.24) is 30.3 Å². The summed E-state index contributed by atoms with van der Waals surface area (Å²) >= 11 is 0. The summed E-state index contributed by atoms with van der Waals surface area (Å²) in [5.41, 5.74) is 5.33. The highest BCUT2D eigenvalue weighted by Gasteiger charge is 2.32. The number of aromatic nitrogens is 4. The Morgan fingerprint density at radius 1 is 1.11 bits per heavy atom. The van der Waals surface area contributed by atoms with Gasteiger partial charge in [0, 0.05) is 25.8 Å². The zero-order chi connectivity index (χ0) is 26.2. The van der Waals surface area contributed by atoms with Crippen LogP contribution in [0.2, 0.25) is 0 Å². The highest BCUT2D eigenvalue weighted by atomic mass is 16.7. The number of carbonyl (C=O) groups excluding carboxylic acids is 1. The molecule has 0 spiro atoms. The number of allylic oxidation sites excluding steroid dienone is 1. The fourth-order valence-electron chi connectivity index (χ4n) is 6.38. The molecule has 2 saturated carbocycles. The van der Waals surface area contributed by atoms with Crippen molar-refractivity contribution in [3.63, 3.8) is 0 Å². The van der Waals surface area contributed by atoms with Gasteiger partial charge in [0.1, 0.15) is 11.3 Å². The minimum atomic E-state index is -0.626. The summed E-state index contributed by atoms with van der Waals surface area (Å²) in [5, 5.41) is 6.47. The molecule has 0 radical (unpaired) electrons. The van der Waals surface area contributed by atoms with Crippen LogP contribution in [0.25, 0.3) is 16.7 Å². The SMILES string of the molecule is C=C(c1nc2nc(C3NOC(=O)N3)nc(N[C@H](C)C3CCC3)c2n1CC1CCC(C)CC1)C1CCOCC1. The smallest absolute Gasteiger partial charge is 0.381 e. The lowest BCUT2D eigenvalue weighted by Crippen LogP contribution is -2.32. The van der Waals surface area contributed by atoms with Crippen LogP contribution >= 0.6 is 0 Å². The van der Waals surface area contributed by atoms with Gasteiger partial charge in [0.25, 0.3) is 0 Å². The van der Waals surface area contributed by atoms with E-state index < -0.39 is 12.3 Å². The molecule has 10 heteroatoms. The molecule has 10 nitrogen and oxygen atoms in total. The van der Waals surface area contributed by atoms with Crippen LogP contribution in [-0.2, 0) is 16.1 Å². The van der Waals surface area contributed by atoms with Gasteiger partial charge in [-0.25, -0.2) is 19.7 Å². The van der Waals surface area contributed by atoms with E-state index in [9.17, 15) is 4.79 Å². The van der Waals surface area contributed by atoms with Gasteiger partial charge in [-0.2, -0.15) is 0 Å². The van der Waals surface area contributed by atoms with Gasteiger partial charge < -0.3 is 19.5 Å². The standard InChI is InChI=1S/C28H41N7O3/c1-16-7-9-19(10-8-16)15-35-22-23(29-18(3)21-5-4-6-21)30-25(26-33-28(36)38-34-26)31-24(22)32-27(35)17(2)20-11-13-37-14-12-20/h16,18-21,26,34H,2,4-15H2,1,3H3,(H,33,36)(H,29,30,31)/t16?,18-,19?,26?/m1/s1. The van der Waals surface area contributed by atoms with Crippen molar-refractivity contribution in [2.24, 2.45) is 23.7 Å². The van der Waals surface area contributed by atoms with Crippen molar-refractivity contribution in [2.45, 2.75) is 90.4 Å². The molecule has 0 aromatic carbocycles. The Bertz CT molecular complexity index is 1180. The van der Waals surface area contributed by atoms with E-state index in [4.69, 9.17) is 24.5 Å². The summed E-state index contributed by atoms with van der Waals surface area (Å²) in [6.07, 6.45) is 9.47. The molecule has 1 unspecified atom stereocenters.